The lowest BCUT2D eigenvalue weighted by atomic mass is 10.1. The van der Waals surface area contributed by atoms with Crippen molar-refractivity contribution in [3.8, 4) is 0 Å². The standard InChI is InChI=1S/C11H15N3O3S/c1-6(2)8-14-13-7(18-8)5-12-9(15)11(3-4-11)10(16)17/h6H,3-5H2,1-2H3,(H,12,15)(H,16,17). The third-order valence-corrected chi connectivity index (χ3v) is 4.19. The highest BCUT2D eigenvalue weighted by Crippen LogP contribution is 2.46. The zero-order chi connectivity index (χ0) is 13.3. The van der Waals surface area contributed by atoms with E-state index in [0.717, 1.165) is 5.01 Å². The molecule has 0 aromatic carbocycles. The average molecular weight is 269 g/mol. The van der Waals surface area contributed by atoms with Crippen LogP contribution in [0.3, 0.4) is 0 Å². The molecular formula is C11H15N3O3S. The fourth-order valence-electron chi connectivity index (χ4n) is 1.56. The van der Waals surface area contributed by atoms with Gasteiger partial charge in [-0.15, -0.1) is 10.2 Å². The molecule has 1 aromatic rings. The summed E-state index contributed by atoms with van der Waals surface area (Å²) in [6, 6.07) is 0. The second kappa shape index (κ2) is 4.64. The summed E-state index contributed by atoms with van der Waals surface area (Å²) in [5.74, 6) is -1.16. The van der Waals surface area contributed by atoms with Crippen molar-refractivity contribution in [3.63, 3.8) is 0 Å². The fourth-order valence-corrected chi connectivity index (χ4v) is 2.34. The number of rotatable bonds is 5. The Morgan fingerprint density at radius 3 is 2.56 bits per heavy atom. The first kappa shape index (κ1) is 12.9. The molecule has 7 heteroatoms. The molecule has 2 rings (SSSR count). The van der Waals surface area contributed by atoms with Crippen molar-refractivity contribution < 1.29 is 14.7 Å². The Hall–Kier alpha value is -1.50. The van der Waals surface area contributed by atoms with Gasteiger partial charge >= 0.3 is 5.97 Å². The maximum atomic E-state index is 11.7. The number of carboxylic acid groups (broad SMARTS) is 1. The SMILES string of the molecule is CC(C)c1nnc(CNC(=O)C2(C(=O)O)CC2)s1. The fraction of sp³-hybridized carbons (Fsp3) is 0.636. The van der Waals surface area contributed by atoms with Crippen molar-refractivity contribution in [2.75, 3.05) is 0 Å². The van der Waals surface area contributed by atoms with E-state index in [-0.39, 0.29) is 6.54 Å². The van der Waals surface area contributed by atoms with Crippen LogP contribution in [-0.2, 0) is 16.1 Å². The first-order valence-corrected chi connectivity index (χ1v) is 6.61. The molecule has 1 amide bonds. The lowest BCUT2D eigenvalue weighted by molar-refractivity contribution is -0.149. The Labute approximate surface area is 108 Å². The summed E-state index contributed by atoms with van der Waals surface area (Å²) in [6.45, 7) is 4.29. The Morgan fingerprint density at radius 2 is 2.11 bits per heavy atom. The van der Waals surface area contributed by atoms with Gasteiger partial charge in [-0.25, -0.2) is 0 Å². The van der Waals surface area contributed by atoms with Crippen molar-refractivity contribution in [1.29, 1.82) is 0 Å². The second-order valence-electron chi connectivity index (χ2n) is 4.76. The van der Waals surface area contributed by atoms with E-state index in [1.807, 2.05) is 13.8 Å². The molecule has 1 aromatic heterocycles. The summed E-state index contributed by atoms with van der Waals surface area (Å²) in [7, 11) is 0. The van der Waals surface area contributed by atoms with Crippen molar-refractivity contribution in [2.24, 2.45) is 5.41 Å². The maximum absolute atomic E-state index is 11.7. The lowest BCUT2D eigenvalue weighted by Gasteiger charge is -2.08. The molecule has 98 valence electrons. The first-order valence-electron chi connectivity index (χ1n) is 5.79. The Morgan fingerprint density at radius 1 is 1.44 bits per heavy atom. The predicted octanol–water partition coefficient (Wildman–Crippen LogP) is 1.14. The summed E-state index contributed by atoms with van der Waals surface area (Å²) >= 11 is 1.44. The molecular weight excluding hydrogens is 254 g/mol. The molecule has 1 saturated carbocycles. The second-order valence-corrected chi connectivity index (χ2v) is 5.85. The van der Waals surface area contributed by atoms with Crippen LogP contribution in [0.1, 0.15) is 42.6 Å². The van der Waals surface area contributed by atoms with Crippen LogP contribution in [0.4, 0.5) is 0 Å². The summed E-state index contributed by atoms with van der Waals surface area (Å²) in [5.41, 5.74) is -1.19. The summed E-state index contributed by atoms with van der Waals surface area (Å²) in [5, 5.41) is 21.2. The number of carboxylic acids is 1. The highest BCUT2D eigenvalue weighted by molar-refractivity contribution is 7.11. The third kappa shape index (κ3) is 2.35. The van der Waals surface area contributed by atoms with Gasteiger partial charge in [0.05, 0.1) is 6.54 Å². The van der Waals surface area contributed by atoms with Gasteiger partial charge in [-0.3, -0.25) is 9.59 Å². The zero-order valence-electron chi connectivity index (χ0n) is 10.3. The smallest absolute Gasteiger partial charge is 0.319 e. The molecule has 0 bridgehead atoms. The Kier molecular flexibility index (Phi) is 3.34. The largest absolute Gasteiger partial charge is 0.480 e. The zero-order valence-corrected chi connectivity index (χ0v) is 11.1. The van der Waals surface area contributed by atoms with E-state index in [1.54, 1.807) is 0 Å². The van der Waals surface area contributed by atoms with Gasteiger partial charge in [-0.1, -0.05) is 25.2 Å². The highest BCUT2D eigenvalue weighted by Gasteiger charge is 2.56. The van der Waals surface area contributed by atoms with Gasteiger partial charge in [0.1, 0.15) is 15.4 Å². The third-order valence-electron chi connectivity index (χ3n) is 2.97. The van der Waals surface area contributed by atoms with Crippen LogP contribution in [0.15, 0.2) is 0 Å². The number of amides is 1. The molecule has 0 unspecified atom stereocenters. The van der Waals surface area contributed by atoms with E-state index in [9.17, 15) is 9.59 Å². The Bertz CT molecular complexity index is 480. The van der Waals surface area contributed by atoms with E-state index in [0.29, 0.717) is 23.8 Å². The summed E-state index contributed by atoms with van der Waals surface area (Å²) in [6.07, 6.45) is 0.836. The van der Waals surface area contributed by atoms with Gasteiger partial charge in [0.25, 0.3) is 0 Å². The van der Waals surface area contributed by atoms with E-state index in [4.69, 9.17) is 5.11 Å². The number of hydrogen-bond acceptors (Lipinski definition) is 5. The van der Waals surface area contributed by atoms with E-state index in [2.05, 4.69) is 15.5 Å². The monoisotopic (exact) mass is 269 g/mol. The maximum Gasteiger partial charge on any atom is 0.319 e. The van der Waals surface area contributed by atoms with Gasteiger partial charge in [0.2, 0.25) is 5.91 Å². The molecule has 1 aliphatic rings. The molecule has 6 nitrogen and oxygen atoms in total. The molecule has 18 heavy (non-hydrogen) atoms. The lowest BCUT2D eigenvalue weighted by Crippen LogP contribution is -2.36. The van der Waals surface area contributed by atoms with Crippen LogP contribution >= 0.6 is 11.3 Å². The van der Waals surface area contributed by atoms with Crippen LogP contribution < -0.4 is 5.32 Å². The van der Waals surface area contributed by atoms with E-state index < -0.39 is 17.3 Å². The number of aliphatic carboxylic acids is 1. The molecule has 2 N–H and O–H groups in total. The molecule has 0 radical (unpaired) electrons. The predicted molar refractivity (Wildman–Crippen MR) is 65.1 cm³/mol. The van der Waals surface area contributed by atoms with Crippen LogP contribution in [0.5, 0.6) is 0 Å². The van der Waals surface area contributed by atoms with Crippen LogP contribution in [0.2, 0.25) is 0 Å². The molecule has 0 spiro atoms. The molecule has 1 aliphatic carbocycles. The number of hydrogen-bond donors (Lipinski definition) is 2. The van der Waals surface area contributed by atoms with Gasteiger partial charge < -0.3 is 10.4 Å². The topological polar surface area (TPSA) is 92.2 Å². The first-order chi connectivity index (χ1) is 8.45. The number of nitrogens with one attached hydrogen (secondary N) is 1. The number of aromatic nitrogens is 2. The minimum Gasteiger partial charge on any atom is -0.480 e. The van der Waals surface area contributed by atoms with Gasteiger partial charge in [0.15, 0.2) is 0 Å². The number of carbonyl (C=O) groups is 2. The summed E-state index contributed by atoms with van der Waals surface area (Å²) < 4.78 is 0. The minimum atomic E-state index is -1.19. The van der Waals surface area contributed by atoms with Crippen molar-refractivity contribution >= 4 is 23.2 Å². The average Bonchev–Trinajstić information content (AvgIpc) is 2.99. The van der Waals surface area contributed by atoms with Gasteiger partial charge in [-0.2, -0.15) is 0 Å². The normalized spacial score (nSPS) is 16.6. The minimum absolute atomic E-state index is 0.248. The highest BCUT2D eigenvalue weighted by atomic mass is 32.1. The number of nitrogens with zero attached hydrogens (tertiary/aromatic N) is 2. The Balaban J connectivity index is 1.92. The molecule has 0 saturated heterocycles. The molecule has 0 aliphatic heterocycles. The van der Waals surface area contributed by atoms with Crippen LogP contribution in [-0.4, -0.2) is 27.2 Å². The van der Waals surface area contributed by atoms with Crippen LogP contribution in [0.25, 0.3) is 0 Å². The van der Waals surface area contributed by atoms with Crippen LogP contribution in [0, 0.1) is 5.41 Å². The quantitative estimate of drug-likeness (QED) is 0.782. The van der Waals surface area contributed by atoms with Gasteiger partial charge in [0, 0.05) is 5.92 Å². The van der Waals surface area contributed by atoms with Gasteiger partial charge in [-0.05, 0) is 12.8 Å². The number of carbonyl (C=O) groups excluding carboxylic acids is 1. The van der Waals surface area contributed by atoms with Crippen molar-refractivity contribution in [3.05, 3.63) is 10.0 Å². The molecule has 1 heterocycles. The summed E-state index contributed by atoms with van der Waals surface area (Å²) in [4.78, 5) is 22.7. The molecule has 0 atom stereocenters. The van der Waals surface area contributed by atoms with E-state index >= 15 is 0 Å². The molecule has 1 fully saturated rings. The van der Waals surface area contributed by atoms with Crippen molar-refractivity contribution in [1.82, 2.24) is 15.5 Å². The van der Waals surface area contributed by atoms with E-state index in [1.165, 1.54) is 11.3 Å². The van der Waals surface area contributed by atoms with Crippen molar-refractivity contribution in [2.45, 2.75) is 39.2 Å².